The van der Waals surface area contributed by atoms with Crippen LogP contribution < -0.4 is 5.32 Å². The van der Waals surface area contributed by atoms with Crippen molar-refractivity contribution in [1.29, 1.82) is 0 Å². The van der Waals surface area contributed by atoms with E-state index in [2.05, 4.69) is 10.5 Å². The maximum absolute atomic E-state index is 12.3. The van der Waals surface area contributed by atoms with Crippen LogP contribution in [0.4, 0.5) is 0 Å². The second-order valence-corrected chi connectivity index (χ2v) is 4.48. The molecule has 98 valence electrons. The average molecular weight is 251 g/mol. The van der Waals surface area contributed by atoms with Gasteiger partial charge in [-0.15, -0.1) is 0 Å². The third kappa shape index (κ3) is 2.37. The van der Waals surface area contributed by atoms with Crippen molar-refractivity contribution in [2.24, 2.45) is 0 Å². The van der Waals surface area contributed by atoms with Crippen molar-refractivity contribution < 1.29 is 14.1 Å². The van der Waals surface area contributed by atoms with E-state index in [4.69, 9.17) is 4.52 Å². The van der Waals surface area contributed by atoms with Gasteiger partial charge in [-0.2, -0.15) is 0 Å². The minimum absolute atomic E-state index is 0.0491. The number of rotatable bonds is 4. The minimum Gasteiger partial charge on any atom is -0.364 e. The molecule has 1 N–H and O–H groups in total. The number of nitrogens with one attached hydrogen (secondary N) is 1. The zero-order valence-electron chi connectivity index (χ0n) is 10.5. The van der Waals surface area contributed by atoms with Gasteiger partial charge in [0.15, 0.2) is 0 Å². The Morgan fingerprint density at radius 3 is 2.89 bits per heavy atom. The van der Waals surface area contributed by atoms with Crippen molar-refractivity contribution in [1.82, 2.24) is 15.4 Å². The summed E-state index contributed by atoms with van der Waals surface area (Å²) in [5.74, 6) is -0.163. The van der Waals surface area contributed by atoms with Gasteiger partial charge in [-0.05, 0) is 13.3 Å². The normalized spacial score (nSPS) is 24.2. The topological polar surface area (TPSA) is 75.4 Å². The fraction of sp³-hybridized carbons (Fsp3) is 0.583. The summed E-state index contributed by atoms with van der Waals surface area (Å²) in [6.45, 7) is 4.01. The number of hydrogen-bond acceptors (Lipinski definition) is 4. The van der Waals surface area contributed by atoms with Gasteiger partial charge in [0.2, 0.25) is 11.8 Å². The second kappa shape index (κ2) is 5.20. The average Bonchev–Trinajstić information content (AvgIpc) is 2.85. The molecule has 18 heavy (non-hydrogen) atoms. The van der Waals surface area contributed by atoms with Crippen molar-refractivity contribution in [3.8, 4) is 0 Å². The van der Waals surface area contributed by atoms with Crippen LogP contribution in [0.15, 0.2) is 16.9 Å². The number of aromatic nitrogens is 1. The van der Waals surface area contributed by atoms with Gasteiger partial charge in [0.05, 0.1) is 6.54 Å². The molecule has 0 saturated carbocycles. The van der Waals surface area contributed by atoms with Crippen molar-refractivity contribution in [2.45, 2.75) is 45.3 Å². The fourth-order valence-corrected chi connectivity index (χ4v) is 2.08. The number of hydrogen-bond donors (Lipinski definition) is 1. The van der Waals surface area contributed by atoms with Crippen LogP contribution in [0.25, 0.3) is 0 Å². The highest BCUT2D eigenvalue weighted by atomic mass is 16.5. The van der Waals surface area contributed by atoms with E-state index in [0.717, 1.165) is 6.42 Å². The molecule has 6 nitrogen and oxygen atoms in total. The molecule has 1 fully saturated rings. The first-order valence-electron chi connectivity index (χ1n) is 6.13. The highest BCUT2D eigenvalue weighted by Crippen LogP contribution is 2.16. The Labute approximate surface area is 105 Å². The van der Waals surface area contributed by atoms with Crippen LogP contribution in [-0.4, -0.2) is 34.0 Å². The maximum atomic E-state index is 12.3. The Kier molecular flexibility index (Phi) is 3.64. The number of nitrogens with zero attached hydrogens (tertiary/aromatic N) is 2. The van der Waals surface area contributed by atoms with Gasteiger partial charge in [0.25, 0.3) is 0 Å². The van der Waals surface area contributed by atoms with Crippen molar-refractivity contribution >= 4 is 11.8 Å². The van der Waals surface area contributed by atoms with E-state index >= 15 is 0 Å². The fourth-order valence-electron chi connectivity index (χ4n) is 2.08. The Bertz CT molecular complexity index is 430. The number of carbonyl (C=O) groups is 2. The molecule has 1 aliphatic rings. The summed E-state index contributed by atoms with van der Waals surface area (Å²) < 4.78 is 4.74. The standard InChI is InChI=1S/C12H17N3O3/c1-3-4-10-12(17)15(8(2)11(16)13-10)7-9-5-6-18-14-9/h5-6,8,10H,3-4,7H2,1-2H3,(H,13,16). The van der Waals surface area contributed by atoms with E-state index in [1.54, 1.807) is 17.9 Å². The molecule has 1 aromatic rings. The van der Waals surface area contributed by atoms with Crippen LogP contribution in [0.3, 0.4) is 0 Å². The molecule has 1 aliphatic heterocycles. The predicted octanol–water partition coefficient (Wildman–Crippen LogP) is 0.690. The molecule has 0 bridgehead atoms. The van der Waals surface area contributed by atoms with E-state index in [1.165, 1.54) is 6.26 Å². The van der Waals surface area contributed by atoms with E-state index in [0.29, 0.717) is 18.7 Å². The highest BCUT2D eigenvalue weighted by molar-refractivity contribution is 5.96. The second-order valence-electron chi connectivity index (χ2n) is 4.48. The quantitative estimate of drug-likeness (QED) is 0.854. The lowest BCUT2D eigenvalue weighted by atomic mass is 10.0. The lowest BCUT2D eigenvalue weighted by Crippen LogP contribution is -2.61. The smallest absolute Gasteiger partial charge is 0.246 e. The van der Waals surface area contributed by atoms with Gasteiger partial charge < -0.3 is 14.7 Å². The van der Waals surface area contributed by atoms with E-state index < -0.39 is 12.1 Å². The monoisotopic (exact) mass is 251 g/mol. The molecule has 1 aromatic heterocycles. The molecular formula is C12H17N3O3. The van der Waals surface area contributed by atoms with Crippen molar-refractivity contribution in [3.05, 3.63) is 18.0 Å². The zero-order chi connectivity index (χ0) is 13.1. The lowest BCUT2D eigenvalue weighted by Gasteiger charge is -2.36. The molecule has 6 heteroatoms. The van der Waals surface area contributed by atoms with Crippen LogP contribution in [-0.2, 0) is 16.1 Å². The highest BCUT2D eigenvalue weighted by Gasteiger charge is 2.37. The number of amides is 2. The summed E-state index contributed by atoms with van der Waals surface area (Å²) in [6.07, 6.45) is 2.97. The molecule has 0 aliphatic carbocycles. The summed E-state index contributed by atoms with van der Waals surface area (Å²) in [6, 6.07) is 0.814. The zero-order valence-corrected chi connectivity index (χ0v) is 10.5. The molecule has 2 amide bonds. The van der Waals surface area contributed by atoms with Gasteiger partial charge in [0.1, 0.15) is 24.0 Å². The van der Waals surface area contributed by atoms with Crippen molar-refractivity contribution in [2.75, 3.05) is 0 Å². The summed E-state index contributed by atoms with van der Waals surface area (Å²) in [7, 11) is 0. The van der Waals surface area contributed by atoms with Crippen molar-refractivity contribution in [3.63, 3.8) is 0 Å². The Hall–Kier alpha value is -1.85. The summed E-state index contributed by atoms with van der Waals surface area (Å²) >= 11 is 0. The summed E-state index contributed by atoms with van der Waals surface area (Å²) in [5, 5.41) is 6.53. The van der Waals surface area contributed by atoms with E-state index in [9.17, 15) is 9.59 Å². The van der Waals surface area contributed by atoms with Gasteiger partial charge in [-0.3, -0.25) is 9.59 Å². The molecule has 2 rings (SSSR count). The lowest BCUT2D eigenvalue weighted by molar-refractivity contribution is -0.149. The van der Waals surface area contributed by atoms with Crippen LogP contribution in [0.5, 0.6) is 0 Å². The first kappa shape index (κ1) is 12.6. The predicted molar refractivity (Wildman–Crippen MR) is 63.4 cm³/mol. The van der Waals surface area contributed by atoms with Gasteiger partial charge in [-0.1, -0.05) is 18.5 Å². The molecule has 2 heterocycles. The molecule has 2 unspecified atom stereocenters. The maximum Gasteiger partial charge on any atom is 0.246 e. The van der Waals surface area contributed by atoms with Crippen LogP contribution >= 0.6 is 0 Å². The summed E-state index contributed by atoms with van der Waals surface area (Å²) in [4.78, 5) is 25.6. The summed E-state index contributed by atoms with van der Waals surface area (Å²) in [5.41, 5.74) is 0.653. The molecule has 1 saturated heterocycles. The SMILES string of the molecule is CCCC1NC(=O)C(C)N(Cc2ccon2)C1=O. The van der Waals surface area contributed by atoms with Gasteiger partial charge in [-0.25, -0.2) is 0 Å². The first-order chi connectivity index (χ1) is 8.63. The molecular weight excluding hydrogens is 234 g/mol. The minimum atomic E-state index is -0.470. The first-order valence-corrected chi connectivity index (χ1v) is 6.13. The van der Waals surface area contributed by atoms with Crippen LogP contribution in [0.2, 0.25) is 0 Å². The van der Waals surface area contributed by atoms with E-state index in [-0.39, 0.29) is 11.8 Å². The van der Waals surface area contributed by atoms with Crippen LogP contribution in [0.1, 0.15) is 32.4 Å². The number of piperazine rings is 1. The molecule has 0 aromatic carbocycles. The largest absolute Gasteiger partial charge is 0.364 e. The van der Waals surface area contributed by atoms with Gasteiger partial charge >= 0.3 is 0 Å². The Morgan fingerprint density at radius 1 is 1.50 bits per heavy atom. The molecule has 2 atom stereocenters. The Morgan fingerprint density at radius 2 is 2.28 bits per heavy atom. The molecule has 0 radical (unpaired) electrons. The third-order valence-electron chi connectivity index (χ3n) is 3.15. The van der Waals surface area contributed by atoms with Gasteiger partial charge in [0, 0.05) is 6.07 Å². The van der Waals surface area contributed by atoms with E-state index in [1.807, 2.05) is 6.92 Å². The van der Waals surface area contributed by atoms with Crippen LogP contribution in [0, 0.1) is 0 Å². The Balaban J connectivity index is 2.14. The third-order valence-corrected chi connectivity index (χ3v) is 3.15. The molecule has 0 spiro atoms. The number of carbonyl (C=O) groups excluding carboxylic acids is 2.